The van der Waals surface area contributed by atoms with E-state index in [1.54, 1.807) is 48.5 Å². The zero-order valence-electron chi connectivity index (χ0n) is 17.2. The van der Waals surface area contributed by atoms with Gasteiger partial charge in [-0.15, -0.1) is 0 Å². The SMILES string of the molecule is CCC(CC(F)(F)F)n1cc(-c2nc(-c3cnn(C[C@@H](O)CO)c3)cn3nccc23)cn1. The van der Waals surface area contributed by atoms with Gasteiger partial charge >= 0.3 is 6.18 Å². The highest BCUT2D eigenvalue weighted by Crippen LogP contribution is 2.31. The van der Waals surface area contributed by atoms with Crippen molar-refractivity contribution < 1.29 is 23.4 Å². The van der Waals surface area contributed by atoms with E-state index < -0.39 is 24.7 Å². The van der Waals surface area contributed by atoms with E-state index in [4.69, 9.17) is 10.1 Å². The lowest BCUT2D eigenvalue weighted by atomic mass is 10.1. The molecule has 0 aliphatic carbocycles. The van der Waals surface area contributed by atoms with Crippen LogP contribution in [0.15, 0.2) is 43.2 Å². The molecule has 0 saturated heterocycles. The van der Waals surface area contributed by atoms with Gasteiger partial charge in [-0.1, -0.05) is 6.92 Å². The Labute approximate surface area is 180 Å². The van der Waals surface area contributed by atoms with Crippen LogP contribution in [-0.4, -0.2) is 63.3 Å². The summed E-state index contributed by atoms with van der Waals surface area (Å²) in [6.45, 7) is 1.43. The molecule has 4 heterocycles. The Balaban J connectivity index is 1.70. The van der Waals surface area contributed by atoms with Crippen molar-refractivity contribution in [2.24, 2.45) is 0 Å². The molecule has 9 nitrogen and oxygen atoms in total. The highest BCUT2D eigenvalue weighted by atomic mass is 19.4. The number of aliphatic hydroxyl groups is 2. The number of hydrogen-bond donors (Lipinski definition) is 2. The standard InChI is InChI=1S/C20H22F3N7O2/c1-2-15(5-20(21,22)23)29-9-14(7-26-29)19-18-3-4-24-30(18)11-17(27-19)13-6-25-28(8-13)10-16(32)12-31/h3-4,6-9,11,15-16,31-32H,2,5,10,12H2,1H3/t15?,16-/m1/s1. The lowest BCUT2D eigenvalue weighted by molar-refractivity contribution is -0.143. The highest BCUT2D eigenvalue weighted by Gasteiger charge is 2.32. The Kier molecular flexibility index (Phi) is 5.98. The van der Waals surface area contributed by atoms with Gasteiger partial charge in [0, 0.05) is 23.5 Å². The zero-order chi connectivity index (χ0) is 22.9. The van der Waals surface area contributed by atoms with Crippen LogP contribution in [0.1, 0.15) is 25.8 Å². The van der Waals surface area contributed by atoms with Crippen LogP contribution < -0.4 is 0 Å². The van der Waals surface area contributed by atoms with Crippen molar-refractivity contribution in [2.75, 3.05) is 6.61 Å². The lowest BCUT2D eigenvalue weighted by Crippen LogP contribution is -2.19. The maximum Gasteiger partial charge on any atom is 0.391 e. The molecular weight excluding hydrogens is 427 g/mol. The Morgan fingerprint density at radius 3 is 2.56 bits per heavy atom. The smallest absolute Gasteiger partial charge is 0.391 e. The molecule has 12 heteroatoms. The molecule has 2 atom stereocenters. The van der Waals surface area contributed by atoms with Crippen LogP contribution in [-0.2, 0) is 6.54 Å². The van der Waals surface area contributed by atoms with Crippen LogP contribution in [0.2, 0.25) is 0 Å². The van der Waals surface area contributed by atoms with E-state index in [0.29, 0.717) is 28.0 Å². The molecule has 0 aliphatic rings. The van der Waals surface area contributed by atoms with E-state index in [-0.39, 0.29) is 19.6 Å². The molecule has 0 amide bonds. The minimum Gasteiger partial charge on any atom is -0.394 e. The topological polar surface area (TPSA) is 106 Å². The predicted molar refractivity (Wildman–Crippen MR) is 109 cm³/mol. The van der Waals surface area contributed by atoms with Gasteiger partial charge in [0.1, 0.15) is 0 Å². The highest BCUT2D eigenvalue weighted by molar-refractivity contribution is 5.78. The van der Waals surface area contributed by atoms with E-state index in [2.05, 4.69) is 15.3 Å². The van der Waals surface area contributed by atoms with Gasteiger partial charge in [-0.3, -0.25) is 9.36 Å². The summed E-state index contributed by atoms with van der Waals surface area (Å²) < 4.78 is 43.2. The van der Waals surface area contributed by atoms with Crippen molar-refractivity contribution in [2.45, 2.75) is 44.6 Å². The summed E-state index contributed by atoms with van der Waals surface area (Å²) in [7, 11) is 0. The Morgan fingerprint density at radius 1 is 1.06 bits per heavy atom. The maximum absolute atomic E-state index is 12.9. The first-order chi connectivity index (χ1) is 15.3. The van der Waals surface area contributed by atoms with E-state index in [1.807, 2.05) is 0 Å². The third-order valence-electron chi connectivity index (χ3n) is 5.11. The van der Waals surface area contributed by atoms with Crippen LogP contribution >= 0.6 is 0 Å². The largest absolute Gasteiger partial charge is 0.394 e. The number of alkyl halides is 3. The van der Waals surface area contributed by atoms with E-state index in [9.17, 15) is 18.3 Å². The van der Waals surface area contributed by atoms with Crippen molar-refractivity contribution in [3.05, 3.63) is 43.2 Å². The Bertz CT molecular complexity index is 1200. The molecule has 0 bridgehead atoms. The second-order valence-electron chi connectivity index (χ2n) is 7.51. The fourth-order valence-electron chi connectivity index (χ4n) is 3.50. The van der Waals surface area contributed by atoms with Crippen LogP contribution in [0.3, 0.4) is 0 Å². The summed E-state index contributed by atoms with van der Waals surface area (Å²) in [5, 5.41) is 31.2. The van der Waals surface area contributed by atoms with Gasteiger partial charge in [0.05, 0.1) is 73.4 Å². The molecule has 4 rings (SSSR count). The molecule has 0 fully saturated rings. The van der Waals surface area contributed by atoms with Crippen LogP contribution in [0.25, 0.3) is 28.0 Å². The van der Waals surface area contributed by atoms with Gasteiger partial charge in [-0.05, 0) is 12.5 Å². The van der Waals surface area contributed by atoms with Gasteiger partial charge < -0.3 is 10.2 Å². The summed E-state index contributed by atoms with van der Waals surface area (Å²) in [6, 6.07) is 0.960. The summed E-state index contributed by atoms with van der Waals surface area (Å²) in [5.74, 6) is 0. The van der Waals surface area contributed by atoms with Crippen molar-refractivity contribution in [1.29, 1.82) is 0 Å². The first-order valence-corrected chi connectivity index (χ1v) is 10.0. The van der Waals surface area contributed by atoms with Crippen molar-refractivity contribution in [1.82, 2.24) is 34.2 Å². The molecule has 2 N–H and O–H groups in total. The third kappa shape index (κ3) is 4.65. The molecule has 170 valence electrons. The van der Waals surface area contributed by atoms with Crippen molar-refractivity contribution in [3.8, 4) is 22.5 Å². The normalized spacial score (nSPS) is 14.2. The average Bonchev–Trinajstić information content (AvgIpc) is 3.50. The van der Waals surface area contributed by atoms with Crippen molar-refractivity contribution in [3.63, 3.8) is 0 Å². The minimum atomic E-state index is -4.28. The van der Waals surface area contributed by atoms with Gasteiger partial charge in [0.2, 0.25) is 0 Å². The van der Waals surface area contributed by atoms with Gasteiger partial charge in [-0.25, -0.2) is 9.50 Å². The fourth-order valence-corrected chi connectivity index (χ4v) is 3.50. The van der Waals surface area contributed by atoms with Gasteiger partial charge in [0.15, 0.2) is 0 Å². The average molecular weight is 449 g/mol. The molecular formula is C20H22F3N7O2. The number of nitrogens with zero attached hydrogens (tertiary/aromatic N) is 7. The first kappa shape index (κ1) is 22.0. The van der Waals surface area contributed by atoms with Gasteiger partial charge in [0.25, 0.3) is 0 Å². The molecule has 0 aliphatic heterocycles. The predicted octanol–water partition coefficient (Wildman–Crippen LogP) is 2.71. The molecule has 0 spiro atoms. The molecule has 0 radical (unpaired) electrons. The van der Waals surface area contributed by atoms with E-state index in [1.165, 1.54) is 15.6 Å². The molecule has 1 unspecified atom stereocenters. The summed E-state index contributed by atoms with van der Waals surface area (Å²) in [6.07, 6.45) is 3.75. The third-order valence-corrected chi connectivity index (χ3v) is 5.11. The molecule has 4 aromatic heterocycles. The summed E-state index contributed by atoms with van der Waals surface area (Å²) >= 11 is 0. The van der Waals surface area contributed by atoms with Crippen LogP contribution in [0.5, 0.6) is 0 Å². The Morgan fingerprint density at radius 2 is 1.84 bits per heavy atom. The number of rotatable bonds is 8. The summed E-state index contributed by atoms with van der Waals surface area (Å²) in [5.41, 5.74) is 2.97. The first-order valence-electron chi connectivity index (χ1n) is 10.0. The molecule has 4 aromatic rings. The van der Waals surface area contributed by atoms with Gasteiger partial charge in [-0.2, -0.15) is 28.5 Å². The molecule has 0 aromatic carbocycles. The maximum atomic E-state index is 12.9. The summed E-state index contributed by atoms with van der Waals surface area (Å²) in [4.78, 5) is 4.70. The zero-order valence-corrected chi connectivity index (χ0v) is 17.2. The fraction of sp³-hybridized carbons (Fsp3) is 0.400. The quantitative estimate of drug-likeness (QED) is 0.429. The number of aromatic nitrogens is 7. The number of fused-ring (bicyclic) bond motifs is 1. The van der Waals surface area contributed by atoms with E-state index >= 15 is 0 Å². The van der Waals surface area contributed by atoms with Crippen molar-refractivity contribution >= 4 is 5.52 Å². The minimum absolute atomic E-state index is 0.123. The lowest BCUT2D eigenvalue weighted by Gasteiger charge is -2.17. The van der Waals surface area contributed by atoms with Crippen LogP contribution in [0.4, 0.5) is 13.2 Å². The number of halogens is 3. The van der Waals surface area contributed by atoms with Crippen LogP contribution in [0, 0.1) is 0 Å². The second-order valence-corrected chi connectivity index (χ2v) is 7.51. The monoisotopic (exact) mass is 449 g/mol. The molecule has 32 heavy (non-hydrogen) atoms. The number of hydrogen-bond acceptors (Lipinski definition) is 6. The second kappa shape index (κ2) is 8.71. The Hall–Kier alpha value is -3.25. The molecule has 0 saturated carbocycles. The van der Waals surface area contributed by atoms with E-state index in [0.717, 1.165) is 0 Å². The number of aliphatic hydroxyl groups excluding tert-OH is 2.